The van der Waals surface area contributed by atoms with Gasteiger partial charge in [-0.25, -0.2) is 4.79 Å². The van der Waals surface area contributed by atoms with E-state index in [4.69, 9.17) is 5.73 Å². The van der Waals surface area contributed by atoms with Crippen LogP contribution < -0.4 is 5.73 Å². The number of piperidine rings is 1. The van der Waals surface area contributed by atoms with E-state index in [2.05, 4.69) is 48.5 Å². The van der Waals surface area contributed by atoms with Gasteiger partial charge >= 0.3 is 6.03 Å². The van der Waals surface area contributed by atoms with Gasteiger partial charge in [0, 0.05) is 13.1 Å². The van der Waals surface area contributed by atoms with Crippen LogP contribution in [0.15, 0.2) is 54.6 Å². The molecular formula is C18H20N2O. The first-order valence-electron chi connectivity index (χ1n) is 7.44. The summed E-state index contributed by atoms with van der Waals surface area (Å²) >= 11 is 0. The monoisotopic (exact) mass is 280 g/mol. The number of nitrogens with zero attached hydrogens (tertiary/aromatic N) is 1. The van der Waals surface area contributed by atoms with Crippen molar-refractivity contribution in [1.29, 1.82) is 0 Å². The Kier molecular flexibility index (Phi) is 3.91. The zero-order chi connectivity index (χ0) is 14.7. The van der Waals surface area contributed by atoms with Crippen LogP contribution in [0.3, 0.4) is 0 Å². The molecule has 0 spiro atoms. The van der Waals surface area contributed by atoms with Gasteiger partial charge in [0.25, 0.3) is 0 Å². The zero-order valence-electron chi connectivity index (χ0n) is 12.0. The Balaban J connectivity index is 1.69. The standard InChI is InChI=1S/C18H20N2O/c19-18(21)20-12-10-17(11-13-20)16-8-6-15(7-9-16)14-4-2-1-3-5-14/h1-9,17H,10-13H2,(H2,19,21). The second-order valence-corrected chi connectivity index (χ2v) is 5.59. The van der Waals surface area contributed by atoms with Crippen molar-refractivity contribution in [3.63, 3.8) is 0 Å². The summed E-state index contributed by atoms with van der Waals surface area (Å²) in [7, 11) is 0. The normalized spacial score (nSPS) is 15.9. The van der Waals surface area contributed by atoms with E-state index < -0.39 is 0 Å². The van der Waals surface area contributed by atoms with E-state index in [1.165, 1.54) is 16.7 Å². The van der Waals surface area contributed by atoms with Gasteiger partial charge in [-0.3, -0.25) is 0 Å². The first kappa shape index (κ1) is 13.7. The van der Waals surface area contributed by atoms with E-state index in [0.717, 1.165) is 25.9 Å². The van der Waals surface area contributed by atoms with E-state index in [9.17, 15) is 4.79 Å². The molecule has 108 valence electrons. The van der Waals surface area contributed by atoms with E-state index in [0.29, 0.717) is 5.92 Å². The quantitative estimate of drug-likeness (QED) is 0.897. The van der Waals surface area contributed by atoms with Crippen LogP contribution in [0.1, 0.15) is 24.3 Å². The highest BCUT2D eigenvalue weighted by molar-refractivity contribution is 5.72. The van der Waals surface area contributed by atoms with Gasteiger partial charge in [0.15, 0.2) is 0 Å². The van der Waals surface area contributed by atoms with Crippen molar-refractivity contribution in [3.8, 4) is 11.1 Å². The Labute approximate surface area is 125 Å². The first-order chi connectivity index (χ1) is 10.2. The van der Waals surface area contributed by atoms with Gasteiger partial charge in [0.2, 0.25) is 0 Å². The Hall–Kier alpha value is -2.29. The fourth-order valence-corrected chi connectivity index (χ4v) is 3.01. The Bertz CT molecular complexity index is 599. The number of benzene rings is 2. The summed E-state index contributed by atoms with van der Waals surface area (Å²) in [4.78, 5) is 12.9. The number of primary amides is 1. The summed E-state index contributed by atoms with van der Waals surface area (Å²) < 4.78 is 0. The minimum Gasteiger partial charge on any atom is -0.351 e. The summed E-state index contributed by atoms with van der Waals surface area (Å²) in [5, 5.41) is 0. The van der Waals surface area contributed by atoms with Crippen LogP contribution in [-0.2, 0) is 0 Å². The number of amides is 2. The molecule has 2 N–H and O–H groups in total. The average Bonchev–Trinajstić information content (AvgIpc) is 2.56. The van der Waals surface area contributed by atoms with Crippen molar-refractivity contribution in [3.05, 3.63) is 60.2 Å². The molecule has 2 aromatic carbocycles. The number of rotatable bonds is 2. The zero-order valence-corrected chi connectivity index (χ0v) is 12.0. The van der Waals surface area contributed by atoms with Crippen LogP contribution in [-0.4, -0.2) is 24.0 Å². The minimum absolute atomic E-state index is 0.298. The van der Waals surface area contributed by atoms with Crippen LogP contribution in [0, 0.1) is 0 Å². The third kappa shape index (κ3) is 3.07. The molecule has 21 heavy (non-hydrogen) atoms. The molecule has 0 radical (unpaired) electrons. The fourth-order valence-electron chi connectivity index (χ4n) is 3.01. The second-order valence-electron chi connectivity index (χ2n) is 5.59. The minimum atomic E-state index is -0.298. The molecule has 3 heteroatoms. The molecule has 0 aromatic heterocycles. The van der Waals surface area contributed by atoms with Crippen LogP contribution in [0.25, 0.3) is 11.1 Å². The number of urea groups is 1. The number of hydrogen-bond donors (Lipinski definition) is 1. The summed E-state index contributed by atoms with van der Waals surface area (Å²) in [5.74, 6) is 0.533. The highest BCUT2D eigenvalue weighted by Crippen LogP contribution is 2.29. The van der Waals surface area contributed by atoms with Gasteiger partial charge in [-0.2, -0.15) is 0 Å². The number of carbonyl (C=O) groups is 1. The topological polar surface area (TPSA) is 46.3 Å². The molecule has 1 aliphatic rings. The molecule has 0 aliphatic carbocycles. The molecule has 1 heterocycles. The Morgan fingerprint density at radius 3 is 2.05 bits per heavy atom. The molecule has 1 saturated heterocycles. The van der Waals surface area contributed by atoms with Crippen molar-refractivity contribution >= 4 is 6.03 Å². The van der Waals surface area contributed by atoms with Crippen molar-refractivity contribution in [2.24, 2.45) is 5.73 Å². The van der Waals surface area contributed by atoms with E-state index >= 15 is 0 Å². The van der Waals surface area contributed by atoms with Gasteiger partial charge in [-0.1, -0.05) is 54.6 Å². The van der Waals surface area contributed by atoms with Crippen LogP contribution in [0.2, 0.25) is 0 Å². The smallest absolute Gasteiger partial charge is 0.314 e. The van der Waals surface area contributed by atoms with Crippen molar-refractivity contribution in [2.75, 3.05) is 13.1 Å². The lowest BCUT2D eigenvalue weighted by atomic mass is 9.88. The van der Waals surface area contributed by atoms with Gasteiger partial charge in [0.05, 0.1) is 0 Å². The van der Waals surface area contributed by atoms with E-state index in [1.807, 2.05) is 6.07 Å². The molecule has 0 atom stereocenters. The molecule has 1 fully saturated rings. The highest BCUT2D eigenvalue weighted by atomic mass is 16.2. The summed E-state index contributed by atoms with van der Waals surface area (Å²) in [6.45, 7) is 1.53. The van der Waals surface area contributed by atoms with Gasteiger partial charge in [-0.05, 0) is 35.4 Å². The number of likely N-dealkylation sites (tertiary alicyclic amines) is 1. The highest BCUT2D eigenvalue weighted by Gasteiger charge is 2.22. The maximum Gasteiger partial charge on any atom is 0.314 e. The Morgan fingerprint density at radius 1 is 0.905 bits per heavy atom. The third-order valence-corrected chi connectivity index (χ3v) is 4.30. The predicted octanol–water partition coefficient (Wildman–Crippen LogP) is 3.61. The lowest BCUT2D eigenvalue weighted by Crippen LogP contribution is -2.41. The molecule has 2 amide bonds. The van der Waals surface area contributed by atoms with Crippen molar-refractivity contribution < 1.29 is 4.79 Å². The number of hydrogen-bond acceptors (Lipinski definition) is 1. The van der Waals surface area contributed by atoms with Gasteiger partial charge in [-0.15, -0.1) is 0 Å². The summed E-state index contributed by atoms with van der Waals surface area (Å²) in [5.41, 5.74) is 9.17. The molecule has 0 unspecified atom stereocenters. The third-order valence-electron chi connectivity index (χ3n) is 4.30. The maximum absolute atomic E-state index is 11.1. The van der Waals surface area contributed by atoms with E-state index in [-0.39, 0.29) is 6.03 Å². The van der Waals surface area contributed by atoms with Crippen LogP contribution in [0.4, 0.5) is 4.79 Å². The first-order valence-corrected chi connectivity index (χ1v) is 7.44. The second kappa shape index (κ2) is 6.00. The van der Waals surface area contributed by atoms with Crippen LogP contribution in [0.5, 0.6) is 0 Å². The molecule has 0 bridgehead atoms. The number of carbonyl (C=O) groups excluding carboxylic acids is 1. The molecule has 2 aromatic rings. The Morgan fingerprint density at radius 2 is 1.48 bits per heavy atom. The lowest BCUT2D eigenvalue weighted by molar-refractivity contribution is 0.190. The van der Waals surface area contributed by atoms with E-state index in [1.54, 1.807) is 4.90 Å². The predicted molar refractivity (Wildman–Crippen MR) is 85.0 cm³/mol. The average molecular weight is 280 g/mol. The molecule has 0 saturated carbocycles. The fraction of sp³-hybridized carbons (Fsp3) is 0.278. The molecule has 3 rings (SSSR count). The maximum atomic E-state index is 11.1. The lowest BCUT2D eigenvalue weighted by Gasteiger charge is -2.31. The molecular weight excluding hydrogens is 260 g/mol. The van der Waals surface area contributed by atoms with Crippen LogP contribution >= 0.6 is 0 Å². The number of nitrogens with two attached hydrogens (primary N) is 1. The molecule has 1 aliphatic heterocycles. The largest absolute Gasteiger partial charge is 0.351 e. The summed E-state index contributed by atoms with van der Waals surface area (Å²) in [6, 6.07) is 18.9. The SMILES string of the molecule is NC(=O)N1CCC(c2ccc(-c3ccccc3)cc2)CC1. The van der Waals surface area contributed by atoms with Crippen molar-refractivity contribution in [2.45, 2.75) is 18.8 Å². The van der Waals surface area contributed by atoms with Gasteiger partial charge < -0.3 is 10.6 Å². The van der Waals surface area contributed by atoms with Crippen molar-refractivity contribution in [1.82, 2.24) is 4.90 Å². The molecule has 3 nitrogen and oxygen atoms in total. The summed E-state index contributed by atoms with van der Waals surface area (Å²) in [6.07, 6.45) is 1.99. The van der Waals surface area contributed by atoms with Gasteiger partial charge in [0.1, 0.15) is 0 Å².